The number of hydrogen-bond donors (Lipinski definition) is 1. The molecule has 6 heteroatoms. The van der Waals surface area contributed by atoms with Gasteiger partial charge in [0.15, 0.2) is 11.4 Å². The largest absolute Gasteiger partial charge is 0.313 e. The second kappa shape index (κ2) is 13.6. The molecule has 0 saturated carbocycles. The molecule has 1 unspecified atom stereocenters. The lowest BCUT2D eigenvalue weighted by atomic mass is 9.77. The third kappa shape index (κ3) is 7.55. The van der Waals surface area contributed by atoms with Crippen LogP contribution < -0.4 is 9.47 Å². The maximum Gasteiger partial charge on any atom is 0.264 e. The second-order valence-corrected chi connectivity index (χ2v) is 13.0. The zero-order chi connectivity index (χ0) is 29.5. The Balaban J connectivity index is 1.67. The van der Waals surface area contributed by atoms with Gasteiger partial charge in [0, 0.05) is 54.9 Å². The van der Waals surface area contributed by atoms with Crippen molar-refractivity contribution in [3.63, 3.8) is 0 Å². The standard InChI is InChI=1S/C35H44N2O3S/c1-5-6-7-14-24-36-28(2)26-30(27-29(36)3)17-16-22-34-35(4,23-13-15-25-41(38,39)40)32-20-11-12-21-33(32)37(34)31-18-9-8-10-19-31/h8-12,16-22,26-27H,5-7,13-15,23-25H2,1-4H3/p+1. The maximum atomic E-state index is 11.4. The van der Waals surface area contributed by atoms with Crippen molar-refractivity contribution in [2.24, 2.45) is 0 Å². The van der Waals surface area contributed by atoms with E-state index in [9.17, 15) is 13.0 Å². The first-order chi connectivity index (χ1) is 19.6. The number of hydrogen-bond acceptors (Lipinski definition) is 3. The van der Waals surface area contributed by atoms with Crippen LogP contribution >= 0.6 is 0 Å². The van der Waals surface area contributed by atoms with Gasteiger partial charge in [-0.15, -0.1) is 0 Å². The molecule has 1 N–H and O–H groups in total. The molecule has 5 nitrogen and oxygen atoms in total. The molecule has 0 radical (unpaired) electrons. The highest BCUT2D eigenvalue weighted by Gasteiger charge is 2.43. The van der Waals surface area contributed by atoms with Crippen LogP contribution in [0.1, 0.15) is 81.3 Å². The fourth-order valence-electron chi connectivity index (χ4n) is 6.14. The van der Waals surface area contributed by atoms with Gasteiger partial charge in [0.2, 0.25) is 0 Å². The van der Waals surface area contributed by atoms with Gasteiger partial charge in [0.05, 0.1) is 5.75 Å². The van der Waals surface area contributed by atoms with Gasteiger partial charge >= 0.3 is 0 Å². The molecular weight excluding hydrogens is 528 g/mol. The minimum atomic E-state index is -3.97. The summed E-state index contributed by atoms with van der Waals surface area (Å²) in [5.41, 5.74) is 8.03. The summed E-state index contributed by atoms with van der Waals surface area (Å²) in [4.78, 5) is 2.33. The first-order valence-electron chi connectivity index (χ1n) is 14.9. The summed E-state index contributed by atoms with van der Waals surface area (Å²) < 4.78 is 34.4. The third-order valence-corrected chi connectivity index (χ3v) is 9.07. The molecule has 41 heavy (non-hydrogen) atoms. The fraction of sp³-hybridized carbons (Fsp3) is 0.400. The highest BCUT2D eigenvalue weighted by molar-refractivity contribution is 7.85. The quantitative estimate of drug-likeness (QED) is 0.127. The van der Waals surface area contributed by atoms with Gasteiger partial charge < -0.3 is 4.90 Å². The number of unbranched alkanes of at least 4 members (excludes halogenated alkanes) is 4. The molecule has 1 aliphatic rings. The highest BCUT2D eigenvalue weighted by atomic mass is 32.2. The minimum Gasteiger partial charge on any atom is -0.313 e. The van der Waals surface area contributed by atoms with Crippen molar-refractivity contribution in [1.82, 2.24) is 0 Å². The number of rotatable bonds is 13. The molecule has 0 spiro atoms. The minimum absolute atomic E-state index is 0.211. The van der Waals surface area contributed by atoms with E-state index in [0.717, 1.165) is 30.0 Å². The van der Waals surface area contributed by atoms with Crippen LogP contribution in [-0.4, -0.2) is 18.7 Å². The summed E-state index contributed by atoms with van der Waals surface area (Å²) in [6, 6.07) is 23.4. The lowest BCUT2D eigenvalue weighted by Gasteiger charge is -2.30. The number of nitrogens with zero attached hydrogens (tertiary/aromatic N) is 2. The van der Waals surface area contributed by atoms with Crippen molar-refractivity contribution in [2.45, 2.75) is 84.6 Å². The molecule has 1 aromatic heterocycles. The summed E-state index contributed by atoms with van der Waals surface area (Å²) in [7, 11) is -3.97. The summed E-state index contributed by atoms with van der Waals surface area (Å²) in [6.45, 7) is 9.94. The van der Waals surface area contributed by atoms with Crippen LogP contribution in [0.25, 0.3) is 6.08 Å². The Labute approximate surface area is 247 Å². The van der Waals surface area contributed by atoms with Gasteiger partial charge in [-0.3, -0.25) is 4.55 Å². The van der Waals surface area contributed by atoms with E-state index in [1.54, 1.807) is 0 Å². The molecule has 218 valence electrons. The first kappa shape index (κ1) is 30.7. The number of para-hydroxylation sites is 2. The zero-order valence-corrected chi connectivity index (χ0v) is 25.8. The van der Waals surface area contributed by atoms with Crippen LogP contribution in [0.15, 0.2) is 84.6 Å². The van der Waals surface area contributed by atoms with Crippen LogP contribution in [0, 0.1) is 13.8 Å². The van der Waals surface area contributed by atoms with Gasteiger partial charge in [-0.25, -0.2) is 4.57 Å². The van der Waals surface area contributed by atoms with Crippen LogP contribution in [0.2, 0.25) is 0 Å². The molecule has 3 aromatic rings. The van der Waals surface area contributed by atoms with Gasteiger partial charge in [0.25, 0.3) is 10.1 Å². The van der Waals surface area contributed by atoms with Gasteiger partial charge in [-0.2, -0.15) is 8.42 Å². The number of pyridine rings is 1. The Morgan fingerprint density at radius 3 is 2.27 bits per heavy atom. The van der Waals surface area contributed by atoms with Crippen LogP contribution in [-0.2, 0) is 22.1 Å². The Bertz CT molecular complexity index is 1470. The molecule has 0 fully saturated rings. The summed E-state index contributed by atoms with van der Waals surface area (Å²) >= 11 is 0. The normalized spacial score (nSPS) is 18.0. The van der Waals surface area contributed by atoms with E-state index in [1.807, 2.05) is 6.07 Å². The maximum absolute atomic E-state index is 11.4. The molecule has 2 heterocycles. The number of benzene rings is 2. The molecule has 0 aliphatic carbocycles. The Morgan fingerprint density at radius 2 is 1.59 bits per heavy atom. The first-order valence-corrected chi connectivity index (χ1v) is 16.5. The number of aryl methyl sites for hydroxylation is 2. The molecule has 4 rings (SSSR count). The van der Waals surface area contributed by atoms with E-state index in [4.69, 9.17) is 0 Å². The van der Waals surface area contributed by atoms with Crippen molar-refractivity contribution < 1.29 is 17.5 Å². The van der Waals surface area contributed by atoms with E-state index in [-0.39, 0.29) is 11.2 Å². The smallest absolute Gasteiger partial charge is 0.264 e. The molecule has 1 aliphatic heterocycles. The molecule has 0 bridgehead atoms. The molecule has 1 atom stereocenters. The third-order valence-electron chi connectivity index (χ3n) is 8.27. The monoisotopic (exact) mass is 573 g/mol. The SMILES string of the molecule is CCCCCC[n+]1c(C)cc(/C=C/C=C2/N(c3ccccc3)c3ccccc3C2(C)CCCCS(=O)(=O)O)cc1C. The van der Waals surface area contributed by atoms with Crippen LogP contribution in [0.5, 0.6) is 0 Å². The molecular formula is C35H45N2O3S+. The van der Waals surface area contributed by atoms with Crippen molar-refractivity contribution in [1.29, 1.82) is 0 Å². The Kier molecular flexibility index (Phi) is 10.2. The molecule has 2 aromatic carbocycles. The van der Waals surface area contributed by atoms with E-state index in [1.165, 1.54) is 48.2 Å². The fourth-order valence-corrected chi connectivity index (χ4v) is 6.71. The van der Waals surface area contributed by atoms with Crippen LogP contribution in [0.3, 0.4) is 0 Å². The number of fused-ring (bicyclic) bond motifs is 1. The summed E-state index contributed by atoms with van der Waals surface area (Å²) in [5.74, 6) is -0.211. The van der Waals surface area contributed by atoms with Gasteiger partial charge in [-0.05, 0) is 61.6 Å². The highest BCUT2D eigenvalue weighted by Crippen LogP contribution is 2.53. The topological polar surface area (TPSA) is 61.5 Å². The van der Waals surface area contributed by atoms with Crippen molar-refractivity contribution in [3.8, 4) is 0 Å². The average Bonchev–Trinajstić information content (AvgIpc) is 3.18. The average molecular weight is 574 g/mol. The van der Waals surface area contributed by atoms with E-state index in [0.29, 0.717) is 12.8 Å². The number of aromatic nitrogens is 1. The van der Waals surface area contributed by atoms with Gasteiger partial charge in [-0.1, -0.05) is 74.7 Å². The van der Waals surface area contributed by atoms with Crippen LogP contribution in [0.4, 0.5) is 11.4 Å². The van der Waals surface area contributed by atoms with Gasteiger partial charge in [0.1, 0.15) is 6.54 Å². The van der Waals surface area contributed by atoms with Crippen molar-refractivity contribution in [2.75, 3.05) is 10.7 Å². The second-order valence-electron chi connectivity index (χ2n) is 11.5. The molecule has 0 saturated heterocycles. The lowest BCUT2D eigenvalue weighted by molar-refractivity contribution is -0.709. The van der Waals surface area contributed by atoms with E-state index >= 15 is 0 Å². The van der Waals surface area contributed by atoms with E-state index in [2.05, 4.69) is 116 Å². The number of anilines is 2. The Hall–Kier alpha value is -3.22. The number of allylic oxidation sites excluding steroid dienone is 3. The molecule has 0 amide bonds. The summed E-state index contributed by atoms with van der Waals surface area (Å²) in [6.07, 6.45) is 13.4. The summed E-state index contributed by atoms with van der Waals surface area (Å²) in [5, 5.41) is 0. The van der Waals surface area contributed by atoms with Crippen molar-refractivity contribution >= 4 is 27.6 Å². The van der Waals surface area contributed by atoms with E-state index < -0.39 is 10.1 Å². The zero-order valence-electron chi connectivity index (χ0n) is 25.0. The van der Waals surface area contributed by atoms with Crippen molar-refractivity contribution in [3.05, 3.63) is 107 Å². The lowest BCUT2D eigenvalue weighted by Crippen LogP contribution is -2.40. The predicted octanol–water partition coefficient (Wildman–Crippen LogP) is 8.24. The Morgan fingerprint density at radius 1 is 0.902 bits per heavy atom. The predicted molar refractivity (Wildman–Crippen MR) is 170 cm³/mol.